The molecule has 0 aliphatic heterocycles. The number of alkyl halides is 1. The number of hydrogen-bond acceptors (Lipinski definition) is 1. The van der Waals surface area contributed by atoms with E-state index in [0.717, 1.165) is 0 Å². The standard InChI is InChI=1S/C12H15Cl2NO/c1-12(2,8-13)15(3)11(16)9-6-4-5-7-10(9)14/h4-7H,8H2,1-3H3. The molecule has 16 heavy (non-hydrogen) atoms. The van der Waals surface area contributed by atoms with Crippen LogP contribution in [0.2, 0.25) is 5.02 Å². The fraction of sp³-hybridized carbons (Fsp3) is 0.417. The molecule has 1 rings (SSSR count). The van der Waals surface area contributed by atoms with Gasteiger partial charge in [-0.05, 0) is 26.0 Å². The van der Waals surface area contributed by atoms with E-state index in [1.54, 1.807) is 36.2 Å². The first-order valence-corrected chi connectivity index (χ1v) is 5.90. The number of amides is 1. The number of carbonyl (C=O) groups excluding carboxylic acids is 1. The topological polar surface area (TPSA) is 20.3 Å². The highest BCUT2D eigenvalue weighted by molar-refractivity contribution is 6.33. The van der Waals surface area contributed by atoms with Crippen molar-refractivity contribution in [3.05, 3.63) is 34.9 Å². The molecule has 88 valence electrons. The van der Waals surface area contributed by atoms with Gasteiger partial charge in [0.25, 0.3) is 5.91 Å². The Balaban J connectivity index is 3.00. The Bertz CT molecular complexity index is 390. The van der Waals surface area contributed by atoms with Crippen LogP contribution >= 0.6 is 23.2 Å². The van der Waals surface area contributed by atoms with E-state index >= 15 is 0 Å². The zero-order valence-corrected chi connectivity index (χ0v) is 11.1. The molecule has 0 aliphatic rings. The molecule has 1 aromatic rings. The Morgan fingerprint density at radius 1 is 1.38 bits per heavy atom. The first kappa shape index (κ1) is 13.3. The van der Waals surface area contributed by atoms with Crippen LogP contribution in [0, 0.1) is 0 Å². The minimum Gasteiger partial charge on any atom is -0.335 e. The smallest absolute Gasteiger partial charge is 0.255 e. The Kier molecular flexibility index (Phi) is 4.22. The second-order valence-corrected chi connectivity index (χ2v) is 4.96. The Morgan fingerprint density at radius 3 is 2.44 bits per heavy atom. The van der Waals surface area contributed by atoms with Crippen LogP contribution in [-0.4, -0.2) is 29.3 Å². The molecular weight excluding hydrogens is 245 g/mol. The average Bonchev–Trinajstić information content (AvgIpc) is 2.27. The Morgan fingerprint density at radius 2 is 1.94 bits per heavy atom. The second kappa shape index (κ2) is 5.07. The van der Waals surface area contributed by atoms with Crippen molar-refractivity contribution in [3.63, 3.8) is 0 Å². The number of nitrogens with zero attached hydrogens (tertiary/aromatic N) is 1. The summed E-state index contributed by atoms with van der Waals surface area (Å²) in [5.41, 5.74) is 0.113. The van der Waals surface area contributed by atoms with Crippen LogP contribution in [0.15, 0.2) is 24.3 Å². The van der Waals surface area contributed by atoms with E-state index in [4.69, 9.17) is 23.2 Å². The monoisotopic (exact) mass is 259 g/mol. The van der Waals surface area contributed by atoms with Gasteiger partial charge in [0.15, 0.2) is 0 Å². The molecule has 0 heterocycles. The summed E-state index contributed by atoms with van der Waals surface area (Å²) in [4.78, 5) is 13.8. The third-order valence-corrected chi connectivity index (χ3v) is 3.63. The summed E-state index contributed by atoms with van der Waals surface area (Å²) in [5, 5.41) is 0.463. The van der Waals surface area contributed by atoms with Crippen LogP contribution < -0.4 is 0 Å². The number of halogens is 2. The van der Waals surface area contributed by atoms with E-state index in [1.165, 1.54) is 0 Å². The van der Waals surface area contributed by atoms with Gasteiger partial charge in [-0.1, -0.05) is 23.7 Å². The molecule has 0 bridgehead atoms. The van der Waals surface area contributed by atoms with E-state index in [-0.39, 0.29) is 5.91 Å². The predicted molar refractivity (Wildman–Crippen MR) is 68.3 cm³/mol. The van der Waals surface area contributed by atoms with Crippen molar-refractivity contribution in [2.24, 2.45) is 0 Å². The summed E-state index contributed by atoms with van der Waals surface area (Å²) in [6.45, 7) is 3.82. The predicted octanol–water partition coefficient (Wildman–Crippen LogP) is 3.43. The average molecular weight is 260 g/mol. The fourth-order valence-corrected chi connectivity index (χ4v) is 1.58. The molecule has 0 spiro atoms. The van der Waals surface area contributed by atoms with E-state index < -0.39 is 5.54 Å². The van der Waals surface area contributed by atoms with Crippen molar-refractivity contribution in [2.75, 3.05) is 12.9 Å². The van der Waals surface area contributed by atoms with Gasteiger partial charge >= 0.3 is 0 Å². The number of hydrogen-bond donors (Lipinski definition) is 0. The van der Waals surface area contributed by atoms with Gasteiger partial charge in [0.2, 0.25) is 0 Å². The number of rotatable bonds is 3. The summed E-state index contributed by atoms with van der Waals surface area (Å²) >= 11 is 11.8. The van der Waals surface area contributed by atoms with Gasteiger partial charge in [-0.3, -0.25) is 4.79 Å². The highest BCUT2D eigenvalue weighted by atomic mass is 35.5. The fourth-order valence-electron chi connectivity index (χ4n) is 1.18. The molecule has 4 heteroatoms. The van der Waals surface area contributed by atoms with Crippen LogP contribution in [0.5, 0.6) is 0 Å². The lowest BCUT2D eigenvalue weighted by molar-refractivity contribution is 0.0660. The minimum atomic E-state index is -0.391. The lowest BCUT2D eigenvalue weighted by Crippen LogP contribution is -2.46. The largest absolute Gasteiger partial charge is 0.335 e. The van der Waals surface area contributed by atoms with Crippen LogP contribution in [0.1, 0.15) is 24.2 Å². The van der Waals surface area contributed by atoms with Gasteiger partial charge in [-0.2, -0.15) is 0 Å². The molecule has 0 radical (unpaired) electrons. The maximum absolute atomic E-state index is 12.2. The summed E-state index contributed by atoms with van der Waals surface area (Å²) in [7, 11) is 1.73. The van der Waals surface area contributed by atoms with Gasteiger partial charge in [0.05, 0.1) is 16.1 Å². The second-order valence-electron chi connectivity index (χ2n) is 4.29. The molecule has 0 aromatic heterocycles. The molecule has 0 saturated carbocycles. The van der Waals surface area contributed by atoms with E-state index in [0.29, 0.717) is 16.5 Å². The van der Waals surface area contributed by atoms with Gasteiger partial charge in [0.1, 0.15) is 0 Å². The van der Waals surface area contributed by atoms with Crippen molar-refractivity contribution < 1.29 is 4.79 Å². The lowest BCUT2D eigenvalue weighted by Gasteiger charge is -2.34. The highest BCUT2D eigenvalue weighted by Crippen LogP contribution is 2.21. The third kappa shape index (κ3) is 2.69. The molecule has 0 saturated heterocycles. The molecule has 0 unspecified atom stereocenters. The van der Waals surface area contributed by atoms with Crippen molar-refractivity contribution >= 4 is 29.1 Å². The molecule has 1 amide bonds. The number of carbonyl (C=O) groups is 1. The zero-order chi connectivity index (χ0) is 12.3. The van der Waals surface area contributed by atoms with Gasteiger partial charge in [-0.25, -0.2) is 0 Å². The van der Waals surface area contributed by atoms with Crippen molar-refractivity contribution in [3.8, 4) is 0 Å². The molecule has 0 fully saturated rings. The highest BCUT2D eigenvalue weighted by Gasteiger charge is 2.28. The van der Waals surface area contributed by atoms with Gasteiger partial charge < -0.3 is 4.90 Å². The van der Waals surface area contributed by atoms with Gasteiger partial charge in [0, 0.05) is 12.9 Å². The SMILES string of the molecule is CN(C(=O)c1ccccc1Cl)C(C)(C)CCl. The van der Waals surface area contributed by atoms with Crippen LogP contribution in [-0.2, 0) is 0 Å². The van der Waals surface area contributed by atoms with E-state index in [1.807, 2.05) is 13.8 Å². The maximum Gasteiger partial charge on any atom is 0.255 e. The summed E-state index contributed by atoms with van der Waals surface area (Å²) in [6, 6.07) is 7.01. The first-order valence-electron chi connectivity index (χ1n) is 4.99. The van der Waals surface area contributed by atoms with Crippen LogP contribution in [0.4, 0.5) is 0 Å². The molecule has 0 atom stereocenters. The molecule has 2 nitrogen and oxygen atoms in total. The van der Waals surface area contributed by atoms with Gasteiger partial charge in [-0.15, -0.1) is 11.6 Å². The van der Waals surface area contributed by atoms with Crippen molar-refractivity contribution in [1.29, 1.82) is 0 Å². The van der Waals surface area contributed by atoms with Crippen LogP contribution in [0.3, 0.4) is 0 Å². The molecule has 1 aromatic carbocycles. The minimum absolute atomic E-state index is 0.115. The molecule has 0 aliphatic carbocycles. The Labute approximate surface area is 106 Å². The summed E-state index contributed by atoms with van der Waals surface area (Å²) < 4.78 is 0. The lowest BCUT2D eigenvalue weighted by atomic mass is 10.0. The Hall–Kier alpha value is -0.730. The maximum atomic E-state index is 12.2. The third-order valence-electron chi connectivity index (χ3n) is 2.64. The van der Waals surface area contributed by atoms with Crippen LogP contribution in [0.25, 0.3) is 0 Å². The van der Waals surface area contributed by atoms with Crippen molar-refractivity contribution in [1.82, 2.24) is 4.90 Å². The quantitative estimate of drug-likeness (QED) is 0.762. The number of benzene rings is 1. The first-order chi connectivity index (χ1) is 7.40. The van der Waals surface area contributed by atoms with Crippen molar-refractivity contribution in [2.45, 2.75) is 19.4 Å². The molecular formula is C12H15Cl2NO. The van der Waals surface area contributed by atoms with E-state index in [9.17, 15) is 4.79 Å². The molecule has 0 N–H and O–H groups in total. The zero-order valence-electron chi connectivity index (χ0n) is 9.63. The normalized spacial score (nSPS) is 11.3. The van der Waals surface area contributed by atoms with E-state index in [2.05, 4.69) is 0 Å². The summed E-state index contributed by atoms with van der Waals surface area (Å²) in [5.74, 6) is 0.260. The summed E-state index contributed by atoms with van der Waals surface area (Å²) in [6.07, 6.45) is 0.